The standard InChI is InChI=1S/C8H5O2/c9-7-3-1-2-6-4-5-10-8(6)7/h2-5,9H. The molecule has 2 rings (SSSR count). The molecule has 1 radical (unpaired) electrons. The highest BCUT2D eigenvalue weighted by Gasteiger charge is 1.99. The van der Waals surface area contributed by atoms with E-state index in [2.05, 4.69) is 6.07 Å². The second-order valence-electron chi connectivity index (χ2n) is 2.05. The largest absolute Gasteiger partial charge is 0.504 e. The molecule has 2 nitrogen and oxygen atoms in total. The van der Waals surface area contributed by atoms with E-state index >= 15 is 0 Å². The Kier molecular flexibility index (Phi) is 0.947. The highest BCUT2D eigenvalue weighted by atomic mass is 16.3. The maximum atomic E-state index is 9.14. The zero-order valence-electron chi connectivity index (χ0n) is 5.16. The minimum Gasteiger partial charge on any atom is -0.504 e. The number of aromatic hydroxyl groups is 1. The summed E-state index contributed by atoms with van der Waals surface area (Å²) in [6.07, 6.45) is 1.54. The molecule has 0 amide bonds. The maximum absolute atomic E-state index is 9.14. The van der Waals surface area contributed by atoms with Crippen molar-refractivity contribution in [3.05, 3.63) is 30.5 Å². The third kappa shape index (κ3) is 0.589. The highest BCUT2D eigenvalue weighted by molar-refractivity contribution is 5.82. The summed E-state index contributed by atoms with van der Waals surface area (Å²) in [4.78, 5) is 0. The minimum atomic E-state index is 0.141. The van der Waals surface area contributed by atoms with Gasteiger partial charge in [0.05, 0.1) is 6.26 Å². The summed E-state index contributed by atoms with van der Waals surface area (Å²) in [6, 6.07) is 7.80. The van der Waals surface area contributed by atoms with Gasteiger partial charge in [-0.15, -0.1) is 0 Å². The van der Waals surface area contributed by atoms with Gasteiger partial charge in [0.15, 0.2) is 11.3 Å². The van der Waals surface area contributed by atoms with E-state index < -0.39 is 0 Å². The van der Waals surface area contributed by atoms with E-state index in [4.69, 9.17) is 9.52 Å². The monoisotopic (exact) mass is 133 g/mol. The first-order chi connectivity index (χ1) is 4.88. The number of fused-ring (bicyclic) bond motifs is 1. The van der Waals surface area contributed by atoms with Crippen molar-refractivity contribution in [2.24, 2.45) is 0 Å². The van der Waals surface area contributed by atoms with Gasteiger partial charge in [-0.2, -0.15) is 0 Å². The second kappa shape index (κ2) is 1.77. The van der Waals surface area contributed by atoms with E-state index in [1.54, 1.807) is 12.1 Å². The number of rotatable bonds is 0. The molecule has 0 aliphatic carbocycles. The van der Waals surface area contributed by atoms with Gasteiger partial charge in [0.1, 0.15) is 0 Å². The van der Waals surface area contributed by atoms with Crippen LogP contribution < -0.4 is 0 Å². The number of phenols is 1. The third-order valence-electron chi connectivity index (χ3n) is 1.39. The molecule has 1 aromatic carbocycles. The van der Waals surface area contributed by atoms with Gasteiger partial charge in [0.2, 0.25) is 0 Å². The Morgan fingerprint density at radius 3 is 3.10 bits per heavy atom. The van der Waals surface area contributed by atoms with Crippen LogP contribution in [-0.2, 0) is 0 Å². The average molecular weight is 133 g/mol. The number of benzene rings is 1. The first kappa shape index (κ1) is 5.35. The summed E-state index contributed by atoms with van der Waals surface area (Å²) in [5.74, 6) is 0.141. The van der Waals surface area contributed by atoms with E-state index in [9.17, 15) is 0 Å². The Morgan fingerprint density at radius 1 is 1.40 bits per heavy atom. The van der Waals surface area contributed by atoms with Crippen molar-refractivity contribution in [1.82, 2.24) is 0 Å². The molecule has 0 unspecified atom stereocenters. The number of furan rings is 1. The Hall–Kier alpha value is -1.44. The van der Waals surface area contributed by atoms with Crippen LogP contribution in [0.4, 0.5) is 0 Å². The fourth-order valence-electron chi connectivity index (χ4n) is 0.917. The molecule has 2 aromatic rings. The average Bonchev–Trinajstić information content (AvgIpc) is 2.36. The van der Waals surface area contributed by atoms with E-state index in [0.717, 1.165) is 5.39 Å². The molecule has 1 N–H and O–H groups in total. The van der Waals surface area contributed by atoms with Gasteiger partial charge in [0.25, 0.3) is 0 Å². The fourth-order valence-corrected chi connectivity index (χ4v) is 0.917. The number of hydrogen-bond acceptors (Lipinski definition) is 2. The van der Waals surface area contributed by atoms with Crippen molar-refractivity contribution in [2.45, 2.75) is 0 Å². The summed E-state index contributed by atoms with van der Waals surface area (Å²) < 4.78 is 4.98. The fraction of sp³-hybridized carbons (Fsp3) is 0. The second-order valence-corrected chi connectivity index (χ2v) is 2.05. The summed E-state index contributed by atoms with van der Waals surface area (Å²) in [5.41, 5.74) is 0.527. The summed E-state index contributed by atoms with van der Waals surface area (Å²) in [7, 11) is 0. The SMILES string of the molecule is Oc1c[c]cc2ccoc12. The minimum absolute atomic E-state index is 0.141. The van der Waals surface area contributed by atoms with Crippen LogP contribution >= 0.6 is 0 Å². The molecule has 2 heteroatoms. The highest BCUT2D eigenvalue weighted by Crippen LogP contribution is 2.23. The van der Waals surface area contributed by atoms with Crippen molar-refractivity contribution >= 4 is 11.0 Å². The van der Waals surface area contributed by atoms with Crippen LogP contribution in [0.3, 0.4) is 0 Å². The lowest BCUT2D eigenvalue weighted by atomic mass is 10.2. The quantitative estimate of drug-likeness (QED) is 0.595. The third-order valence-corrected chi connectivity index (χ3v) is 1.39. The molecule has 0 aliphatic heterocycles. The van der Waals surface area contributed by atoms with E-state index in [0.29, 0.717) is 5.58 Å². The van der Waals surface area contributed by atoms with E-state index in [1.165, 1.54) is 12.3 Å². The number of phenolic OH excluding ortho intramolecular Hbond substituents is 1. The van der Waals surface area contributed by atoms with Crippen molar-refractivity contribution in [3.8, 4) is 5.75 Å². The molecule has 0 spiro atoms. The van der Waals surface area contributed by atoms with Crippen LogP contribution in [0.5, 0.6) is 5.75 Å². The van der Waals surface area contributed by atoms with Gasteiger partial charge < -0.3 is 9.52 Å². The van der Waals surface area contributed by atoms with Gasteiger partial charge in [0, 0.05) is 5.39 Å². The summed E-state index contributed by atoms with van der Waals surface area (Å²) >= 11 is 0. The molecule has 0 saturated carbocycles. The number of hydrogen-bond donors (Lipinski definition) is 1. The Balaban J connectivity index is 2.95. The molecule has 1 heterocycles. The topological polar surface area (TPSA) is 33.4 Å². The van der Waals surface area contributed by atoms with Crippen molar-refractivity contribution in [1.29, 1.82) is 0 Å². The molecule has 10 heavy (non-hydrogen) atoms. The predicted octanol–water partition coefficient (Wildman–Crippen LogP) is 1.94. The molecule has 0 atom stereocenters. The smallest absolute Gasteiger partial charge is 0.175 e. The van der Waals surface area contributed by atoms with Crippen molar-refractivity contribution in [3.63, 3.8) is 0 Å². The van der Waals surface area contributed by atoms with Gasteiger partial charge in [-0.25, -0.2) is 0 Å². The van der Waals surface area contributed by atoms with Crippen LogP contribution in [-0.4, -0.2) is 5.11 Å². The zero-order valence-corrected chi connectivity index (χ0v) is 5.16. The molecular weight excluding hydrogens is 128 g/mol. The van der Waals surface area contributed by atoms with Crippen molar-refractivity contribution in [2.75, 3.05) is 0 Å². The van der Waals surface area contributed by atoms with Crippen LogP contribution in [0.2, 0.25) is 0 Å². The molecular formula is C8H5O2. The Morgan fingerprint density at radius 2 is 2.30 bits per heavy atom. The van der Waals surface area contributed by atoms with E-state index in [1.807, 2.05) is 0 Å². The van der Waals surface area contributed by atoms with Crippen LogP contribution in [0.25, 0.3) is 11.0 Å². The van der Waals surface area contributed by atoms with Gasteiger partial charge >= 0.3 is 0 Å². The van der Waals surface area contributed by atoms with Gasteiger partial charge in [-0.1, -0.05) is 0 Å². The van der Waals surface area contributed by atoms with Gasteiger partial charge in [-0.3, -0.25) is 0 Å². The maximum Gasteiger partial charge on any atom is 0.175 e. The van der Waals surface area contributed by atoms with Crippen molar-refractivity contribution < 1.29 is 9.52 Å². The lowest BCUT2D eigenvalue weighted by Gasteiger charge is -1.89. The molecule has 0 aliphatic rings. The zero-order chi connectivity index (χ0) is 6.97. The first-order valence-electron chi connectivity index (χ1n) is 2.94. The Labute approximate surface area is 57.7 Å². The Bertz CT molecular complexity index is 349. The summed E-state index contributed by atoms with van der Waals surface area (Å²) in [6.45, 7) is 0. The summed E-state index contributed by atoms with van der Waals surface area (Å²) in [5, 5.41) is 10.0. The van der Waals surface area contributed by atoms with E-state index in [-0.39, 0.29) is 5.75 Å². The van der Waals surface area contributed by atoms with Gasteiger partial charge in [-0.05, 0) is 24.3 Å². The molecule has 0 saturated heterocycles. The molecule has 49 valence electrons. The lowest BCUT2D eigenvalue weighted by molar-refractivity contribution is 0.465. The predicted molar refractivity (Wildman–Crippen MR) is 36.7 cm³/mol. The normalized spacial score (nSPS) is 10.4. The molecule has 0 bridgehead atoms. The van der Waals surface area contributed by atoms with Crippen LogP contribution in [0.1, 0.15) is 0 Å². The van der Waals surface area contributed by atoms with Crippen LogP contribution in [0, 0.1) is 6.07 Å². The molecule has 0 fully saturated rings. The first-order valence-corrected chi connectivity index (χ1v) is 2.94. The lowest BCUT2D eigenvalue weighted by Crippen LogP contribution is -1.64. The van der Waals surface area contributed by atoms with Crippen LogP contribution in [0.15, 0.2) is 28.9 Å². The molecule has 1 aromatic heterocycles.